The first-order valence-corrected chi connectivity index (χ1v) is 7.43. The largest absolute Gasteiger partial charge is 0.389 e. The minimum absolute atomic E-state index is 0.144. The highest BCUT2D eigenvalue weighted by Crippen LogP contribution is 2.20. The number of likely N-dealkylation sites (N-methyl/N-ethyl adjacent to an activating group) is 1. The van der Waals surface area contributed by atoms with Crippen LogP contribution in [0.25, 0.3) is 0 Å². The molecule has 0 aromatic carbocycles. The van der Waals surface area contributed by atoms with Gasteiger partial charge in [0.05, 0.1) is 23.9 Å². The maximum absolute atomic E-state index is 12.4. The van der Waals surface area contributed by atoms with Crippen molar-refractivity contribution in [3.63, 3.8) is 0 Å². The number of rotatable bonds is 6. The van der Waals surface area contributed by atoms with Gasteiger partial charge in [-0.05, 0) is 38.8 Å². The average molecular weight is 293 g/mol. The summed E-state index contributed by atoms with van der Waals surface area (Å²) >= 11 is 0. The Morgan fingerprint density at radius 2 is 2.10 bits per heavy atom. The zero-order valence-electron chi connectivity index (χ0n) is 13.6. The second kappa shape index (κ2) is 7.41. The molecule has 0 aliphatic rings. The Labute approximate surface area is 127 Å². The molecular formula is C16H27N3O2. The van der Waals surface area contributed by atoms with Gasteiger partial charge in [-0.3, -0.25) is 4.98 Å². The van der Waals surface area contributed by atoms with Gasteiger partial charge in [0.2, 0.25) is 0 Å². The molecule has 1 atom stereocenters. The molecule has 0 aliphatic heterocycles. The van der Waals surface area contributed by atoms with Crippen LogP contribution in [0.3, 0.4) is 0 Å². The monoisotopic (exact) mass is 293 g/mol. The molecule has 0 radical (unpaired) electrons. The van der Waals surface area contributed by atoms with Crippen LogP contribution in [0, 0.1) is 5.92 Å². The van der Waals surface area contributed by atoms with Crippen molar-refractivity contribution in [1.82, 2.24) is 15.2 Å². The van der Waals surface area contributed by atoms with Crippen molar-refractivity contribution in [1.29, 1.82) is 0 Å². The van der Waals surface area contributed by atoms with Gasteiger partial charge in [-0.25, -0.2) is 4.79 Å². The molecule has 0 bridgehead atoms. The third kappa shape index (κ3) is 5.71. The van der Waals surface area contributed by atoms with Crippen LogP contribution in [0.5, 0.6) is 0 Å². The highest BCUT2D eigenvalue weighted by atomic mass is 16.3. The number of amides is 2. The zero-order valence-corrected chi connectivity index (χ0v) is 13.6. The second-order valence-corrected chi connectivity index (χ2v) is 6.25. The molecule has 118 valence electrons. The third-order valence-corrected chi connectivity index (χ3v) is 3.20. The van der Waals surface area contributed by atoms with E-state index in [2.05, 4.69) is 10.3 Å². The van der Waals surface area contributed by atoms with Crippen LogP contribution in [0.4, 0.5) is 4.79 Å². The number of aromatic nitrogens is 1. The van der Waals surface area contributed by atoms with Crippen molar-refractivity contribution in [3.8, 4) is 0 Å². The Balaban J connectivity index is 2.81. The molecule has 1 heterocycles. The molecule has 0 aliphatic carbocycles. The van der Waals surface area contributed by atoms with Gasteiger partial charge < -0.3 is 15.3 Å². The van der Waals surface area contributed by atoms with E-state index in [0.717, 1.165) is 5.69 Å². The van der Waals surface area contributed by atoms with E-state index in [-0.39, 0.29) is 18.0 Å². The van der Waals surface area contributed by atoms with E-state index < -0.39 is 5.60 Å². The van der Waals surface area contributed by atoms with Crippen molar-refractivity contribution < 1.29 is 9.90 Å². The van der Waals surface area contributed by atoms with Gasteiger partial charge in [0.15, 0.2) is 0 Å². The van der Waals surface area contributed by atoms with Crippen LogP contribution in [0.2, 0.25) is 0 Å². The molecule has 21 heavy (non-hydrogen) atoms. The van der Waals surface area contributed by atoms with E-state index in [9.17, 15) is 9.90 Å². The fraction of sp³-hybridized carbons (Fsp3) is 0.625. The Hall–Kier alpha value is -1.62. The number of nitrogens with zero attached hydrogens (tertiary/aromatic N) is 2. The Morgan fingerprint density at radius 1 is 1.43 bits per heavy atom. The maximum Gasteiger partial charge on any atom is 0.318 e. The van der Waals surface area contributed by atoms with Crippen LogP contribution < -0.4 is 5.32 Å². The average Bonchev–Trinajstić information content (AvgIpc) is 2.41. The molecule has 0 fully saturated rings. The SMILES string of the molecule is CCN(CC(C)(C)O)C(=O)N[C@@H](c1ccccn1)C(C)C. The second-order valence-electron chi connectivity index (χ2n) is 6.25. The number of urea groups is 1. The molecule has 1 rings (SSSR count). The molecule has 2 amide bonds. The van der Waals surface area contributed by atoms with Crippen LogP contribution >= 0.6 is 0 Å². The lowest BCUT2D eigenvalue weighted by molar-refractivity contribution is 0.0472. The Bertz CT molecular complexity index is 441. The number of carbonyl (C=O) groups excluding carboxylic acids is 1. The molecule has 0 unspecified atom stereocenters. The number of carbonyl (C=O) groups is 1. The van der Waals surface area contributed by atoms with Crippen molar-refractivity contribution in [2.45, 2.75) is 46.3 Å². The van der Waals surface area contributed by atoms with Crippen LogP contribution in [-0.4, -0.2) is 39.7 Å². The molecule has 2 N–H and O–H groups in total. The van der Waals surface area contributed by atoms with Crippen LogP contribution in [0.1, 0.15) is 46.4 Å². The first-order valence-electron chi connectivity index (χ1n) is 7.43. The van der Waals surface area contributed by atoms with Gasteiger partial charge in [-0.1, -0.05) is 19.9 Å². The van der Waals surface area contributed by atoms with Crippen LogP contribution in [-0.2, 0) is 0 Å². The van der Waals surface area contributed by atoms with Gasteiger partial charge in [0.1, 0.15) is 0 Å². The summed E-state index contributed by atoms with van der Waals surface area (Å²) in [6.45, 7) is 10.2. The minimum Gasteiger partial charge on any atom is -0.389 e. The molecular weight excluding hydrogens is 266 g/mol. The van der Waals surface area contributed by atoms with Crippen molar-refractivity contribution >= 4 is 6.03 Å². The van der Waals surface area contributed by atoms with Gasteiger partial charge in [0.25, 0.3) is 0 Å². The highest BCUT2D eigenvalue weighted by Gasteiger charge is 2.25. The first kappa shape index (κ1) is 17.4. The van der Waals surface area contributed by atoms with Gasteiger partial charge in [-0.2, -0.15) is 0 Å². The standard InChI is InChI=1S/C16H27N3O2/c1-6-19(11-16(4,5)21)15(20)18-14(12(2)3)13-9-7-8-10-17-13/h7-10,12,14,21H,6,11H2,1-5H3,(H,18,20)/t14-/m1/s1. The molecule has 0 saturated carbocycles. The van der Waals surface area contributed by atoms with Crippen molar-refractivity contribution in [2.75, 3.05) is 13.1 Å². The smallest absolute Gasteiger partial charge is 0.318 e. The van der Waals surface area contributed by atoms with E-state index in [1.807, 2.05) is 39.0 Å². The molecule has 0 saturated heterocycles. The van der Waals surface area contributed by atoms with Gasteiger partial charge >= 0.3 is 6.03 Å². The molecule has 5 nitrogen and oxygen atoms in total. The summed E-state index contributed by atoms with van der Waals surface area (Å²) in [5, 5.41) is 12.9. The quantitative estimate of drug-likeness (QED) is 0.847. The van der Waals surface area contributed by atoms with E-state index in [1.165, 1.54) is 0 Å². The lowest BCUT2D eigenvalue weighted by Gasteiger charge is -2.31. The number of hydrogen-bond acceptors (Lipinski definition) is 3. The minimum atomic E-state index is -0.911. The van der Waals surface area contributed by atoms with Crippen molar-refractivity contribution in [2.24, 2.45) is 5.92 Å². The number of hydrogen-bond donors (Lipinski definition) is 2. The lowest BCUT2D eigenvalue weighted by Crippen LogP contribution is -2.48. The van der Waals surface area contributed by atoms with Crippen molar-refractivity contribution in [3.05, 3.63) is 30.1 Å². The fourth-order valence-corrected chi connectivity index (χ4v) is 2.16. The molecule has 1 aromatic heterocycles. The Kier molecular flexibility index (Phi) is 6.15. The summed E-state index contributed by atoms with van der Waals surface area (Å²) in [5.74, 6) is 0.227. The van der Waals surface area contributed by atoms with E-state index in [4.69, 9.17) is 0 Å². The predicted molar refractivity (Wildman–Crippen MR) is 83.9 cm³/mol. The van der Waals surface area contributed by atoms with E-state index >= 15 is 0 Å². The normalized spacial score (nSPS) is 13.1. The first-order chi connectivity index (χ1) is 9.74. The molecule has 0 spiro atoms. The summed E-state index contributed by atoms with van der Waals surface area (Å²) in [5.41, 5.74) is -0.0637. The predicted octanol–water partition coefficient (Wildman–Crippen LogP) is 2.58. The Morgan fingerprint density at radius 3 is 2.52 bits per heavy atom. The van der Waals surface area contributed by atoms with E-state index in [1.54, 1.807) is 24.9 Å². The summed E-state index contributed by atoms with van der Waals surface area (Å²) in [6.07, 6.45) is 1.73. The number of aliphatic hydroxyl groups is 1. The van der Waals surface area contributed by atoms with Gasteiger partial charge in [-0.15, -0.1) is 0 Å². The maximum atomic E-state index is 12.4. The fourth-order valence-electron chi connectivity index (χ4n) is 2.16. The highest BCUT2D eigenvalue weighted by molar-refractivity contribution is 5.74. The van der Waals surface area contributed by atoms with E-state index in [0.29, 0.717) is 13.1 Å². The summed E-state index contributed by atoms with van der Waals surface area (Å²) in [4.78, 5) is 18.4. The topological polar surface area (TPSA) is 65.5 Å². The summed E-state index contributed by atoms with van der Waals surface area (Å²) in [7, 11) is 0. The summed E-state index contributed by atoms with van der Waals surface area (Å²) in [6, 6.07) is 5.36. The zero-order chi connectivity index (χ0) is 16.0. The third-order valence-electron chi connectivity index (χ3n) is 3.20. The van der Waals surface area contributed by atoms with Gasteiger partial charge in [0, 0.05) is 12.7 Å². The number of nitrogens with one attached hydrogen (secondary N) is 1. The lowest BCUT2D eigenvalue weighted by atomic mass is 10.0. The number of pyridine rings is 1. The van der Waals surface area contributed by atoms with Crippen LogP contribution in [0.15, 0.2) is 24.4 Å². The molecule has 5 heteroatoms. The summed E-state index contributed by atoms with van der Waals surface area (Å²) < 4.78 is 0. The molecule has 1 aromatic rings.